The molecule has 0 bridgehead atoms. The first-order valence-electron chi connectivity index (χ1n) is 8.07. The Bertz CT molecular complexity index is 686. The van der Waals surface area contributed by atoms with Gasteiger partial charge in [0.1, 0.15) is 11.9 Å². The SMILES string of the molecule is CCN1CCO[C@H](C(=O)Nc2ccnn2Cc2ccc(Cl)cc2)C1. The van der Waals surface area contributed by atoms with E-state index in [-0.39, 0.29) is 5.91 Å². The number of amides is 1. The Morgan fingerprint density at radius 3 is 2.92 bits per heavy atom. The van der Waals surface area contributed by atoms with Gasteiger partial charge in [0.15, 0.2) is 0 Å². The number of halogens is 1. The third-order valence-corrected chi connectivity index (χ3v) is 4.36. The number of rotatable bonds is 5. The van der Waals surface area contributed by atoms with Crippen molar-refractivity contribution >= 4 is 23.3 Å². The summed E-state index contributed by atoms with van der Waals surface area (Å²) in [6.07, 6.45) is 1.23. The summed E-state index contributed by atoms with van der Waals surface area (Å²) in [5.41, 5.74) is 1.06. The summed E-state index contributed by atoms with van der Waals surface area (Å²) in [5.74, 6) is 0.526. The van der Waals surface area contributed by atoms with Crippen molar-refractivity contribution in [1.29, 1.82) is 0 Å². The second kappa shape index (κ2) is 7.79. The third-order valence-electron chi connectivity index (χ3n) is 4.10. The minimum Gasteiger partial charge on any atom is -0.366 e. The van der Waals surface area contributed by atoms with E-state index in [9.17, 15) is 4.79 Å². The van der Waals surface area contributed by atoms with Gasteiger partial charge in [0.25, 0.3) is 5.91 Å². The van der Waals surface area contributed by atoms with Gasteiger partial charge >= 0.3 is 0 Å². The number of carbonyl (C=O) groups excluding carboxylic acids is 1. The minimum atomic E-state index is -0.447. The highest BCUT2D eigenvalue weighted by atomic mass is 35.5. The predicted molar refractivity (Wildman–Crippen MR) is 93.3 cm³/mol. The molecule has 0 unspecified atom stereocenters. The molecule has 1 N–H and O–H groups in total. The molecule has 0 spiro atoms. The van der Waals surface area contributed by atoms with Gasteiger partial charge in [-0.2, -0.15) is 5.10 Å². The van der Waals surface area contributed by atoms with Crippen molar-refractivity contribution in [2.75, 3.05) is 31.6 Å². The standard InChI is InChI=1S/C17H21ClN4O2/c1-2-21-9-10-24-15(12-21)17(23)20-16-7-8-19-22(16)11-13-3-5-14(18)6-4-13/h3-8,15H,2,9-12H2,1H3,(H,20,23)/t15-/m0/s1. The fourth-order valence-corrected chi connectivity index (χ4v) is 2.81. The van der Waals surface area contributed by atoms with Crippen molar-refractivity contribution in [3.8, 4) is 0 Å². The van der Waals surface area contributed by atoms with Crippen molar-refractivity contribution in [3.63, 3.8) is 0 Å². The highest BCUT2D eigenvalue weighted by Crippen LogP contribution is 2.15. The molecule has 1 aliphatic rings. The Morgan fingerprint density at radius 2 is 2.17 bits per heavy atom. The van der Waals surface area contributed by atoms with Gasteiger partial charge in [-0.15, -0.1) is 0 Å². The van der Waals surface area contributed by atoms with E-state index < -0.39 is 6.10 Å². The molecule has 0 aliphatic carbocycles. The van der Waals surface area contributed by atoms with E-state index in [0.29, 0.717) is 30.5 Å². The van der Waals surface area contributed by atoms with Gasteiger partial charge in [-0.3, -0.25) is 9.69 Å². The highest BCUT2D eigenvalue weighted by molar-refractivity contribution is 6.30. The zero-order chi connectivity index (χ0) is 16.9. The molecule has 128 valence electrons. The molecule has 0 radical (unpaired) electrons. The Kier molecular flexibility index (Phi) is 5.50. The molecule has 1 fully saturated rings. The van der Waals surface area contributed by atoms with Crippen LogP contribution < -0.4 is 5.32 Å². The average Bonchev–Trinajstić information content (AvgIpc) is 3.03. The second-order valence-electron chi connectivity index (χ2n) is 5.74. The van der Waals surface area contributed by atoms with Gasteiger partial charge in [-0.25, -0.2) is 4.68 Å². The van der Waals surface area contributed by atoms with E-state index in [4.69, 9.17) is 16.3 Å². The first-order chi connectivity index (χ1) is 11.7. The van der Waals surface area contributed by atoms with E-state index >= 15 is 0 Å². The van der Waals surface area contributed by atoms with Crippen molar-refractivity contribution < 1.29 is 9.53 Å². The lowest BCUT2D eigenvalue weighted by Gasteiger charge is -2.31. The molecule has 7 heteroatoms. The van der Waals surface area contributed by atoms with Crippen LogP contribution in [0.25, 0.3) is 0 Å². The quantitative estimate of drug-likeness (QED) is 0.900. The smallest absolute Gasteiger partial charge is 0.255 e. The van der Waals surface area contributed by atoms with Crippen LogP contribution in [-0.4, -0.2) is 52.9 Å². The fraction of sp³-hybridized carbons (Fsp3) is 0.412. The number of nitrogens with one attached hydrogen (secondary N) is 1. The zero-order valence-electron chi connectivity index (χ0n) is 13.6. The van der Waals surface area contributed by atoms with Gasteiger partial charge in [0.05, 0.1) is 19.3 Å². The largest absolute Gasteiger partial charge is 0.366 e. The molecule has 1 atom stereocenters. The van der Waals surface area contributed by atoms with Crippen molar-refractivity contribution in [3.05, 3.63) is 47.1 Å². The van der Waals surface area contributed by atoms with Crippen LogP contribution in [0.15, 0.2) is 36.5 Å². The van der Waals surface area contributed by atoms with E-state index in [2.05, 4.69) is 22.2 Å². The van der Waals surface area contributed by atoms with Crippen LogP contribution in [0.3, 0.4) is 0 Å². The van der Waals surface area contributed by atoms with Gasteiger partial charge in [-0.05, 0) is 24.2 Å². The van der Waals surface area contributed by atoms with Gasteiger partial charge in [0.2, 0.25) is 0 Å². The van der Waals surface area contributed by atoms with E-state index in [1.165, 1.54) is 0 Å². The number of anilines is 1. The van der Waals surface area contributed by atoms with Crippen LogP contribution in [0, 0.1) is 0 Å². The number of nitrogens with zero attached hydrogens (tertiary/aromatic N) is 3. The maximum atomic E-state index is 12.5. The average molecular weight is 349 g/mol. The highest BCUT2D eigenvalue weighted by Gasteiger charge is 2.26. The molecule has 2 heterocycles. The van der Waals surface area contributed by atoms with E-state index in [0.717, 1.165) is 18.7 Å². The summed E-state index contributed by atoms with van der Waals surface area (Å²) in [6.45, 7) is 5.63. The number of hydrogen-bond donors (Lipinski definition) is 1. The summed E-state index contributed by atoms with van der Waals surface area (Å²) < 4.78 is 7.35. The number of aromatic nitrogens is 2. The molecular weight excluding hydrogens is 328 g/mol. The Hall–Kier alpha value is -1.89. The summed E-state index contributed by atoms with van der Waals surface area (Å²) in [5, 5.41) is 7.90. The monoisotopic (exact) mass is 348 g/mol. The maximum absolute atomic E-state index is 12.5. The minimum absolute atomic E-state index is 0.133. The number of benzene rings is 1. The van der Waals surface area contributed by atoms with Gasteiger partial charge in [-0.1, -0.05) is 30.7 Å². The molecule has 2 aromatic rings. The molecular formula is C17H21ClN4O2. The summed E-state index contributed by atoms with van der Waals surface area (Å²) in [6, 6.07) is 9.36. The van der Waals surface area contributed by atoms with Crippen LogP contribution in [0.2, 0.25) is 5.02 Å². The number of ether oxygens (including phenoxy) is 1. The summed E-state index contributed by atoms with van der Waals surface area (Å²) in [4.78, 5) is 14.7. The van der Waals surface area contributed by atoms with Crippen LogP contribution in [0.4, 0.5) is 5.82 Å². The Morgan fingerprint density at radius 1 is 1.38 bits per heavy atom. The summed E-state index contributed by atoms with van der Waals surface area (Å²) >= 11 is 5.91. The van der Waals surface area contributed by atoms with Crippen LogP contribution in [0.5, 0.6) is 0 Å². The first kappa shape index (κ1) is 17.0. The Labute approximate surface area is 146 Å². The number of likely N-dealkylation sites (N-methyl/N-ethyl adjacent to an activating group) is 1. The van der Waals surface area contributed by atoms with Crippen LogP contribution in [-0.2, 0) is 16.1 Å². The lowest BCUT2D eigenvalue weighted by atomic mass is 10.2. The lowest BCUT2D eigenvalue weighted by molar-refractivity contribution is -0.132. The molecule has 1 aromatic heterocycles. The molecule has 3 rings (SSSR count). The Balaban J connectivity index is 1.64. The van der Waals surface area contributed by atoms with Gasteiger partial charge < -0.3 is 10.1 Å². The topological polar surface area (TPSA) is 59.4 Å². The third kappa shape index (κ3) is 4.14. The maximum Gasteiger partial charge on any atom is 0.255 e. The van der Waals surface area contributed by atoms with Gasteiger partial charge in [0, 0.05) is 24.2 Å². The normalized spacial score (nSPS) is 18.5. The van der Waals surface area contributed by atoms with E-state index in [1.54, 1.807) is 16.9 Å². The number of hydrogen-bond acceptors (Lipinski definition) is 4. The van der Waals surface area contributed by atoms with Crippen molar-refractivity contribution in [2.45, 2.75) is 19.6 Å². The predicted octanol–water partition coefficient (Wildman–Crippen LogP) is 2.24. The lowest BCUT2D eigenvalue weighted by Crippen LogP contribution is -2.47. The molecule has 1 saturated heterocycles. The molecule has 0 saturated carbocycles. The molecule has 24 heavy (non-hydrogen) atoms. The molecule has 6 nitrogen and oxygen atoms in total. The van der Waals surface area contributed by atoms with Crippen LogP contribution in [0.1, 0.15) is 12.5 Å². The molecule has 1 aliphatic heterocycles. The fourth-order valence-electron chi connectivity index (χ4n) is 2.68. The second-order valence-corrected chi connectivity index (χ2v) is 6.18. The number of morpholine rings is 1. The van der Waals surface area contributed by atoms with Crippen molar-refractivity contribution in [1.82, 2.24) is 14.7 Å². The first-order valence-corrected chi connectivity index (χ1v) is 8.44. The van der Waals surface area contributed by atoms with Crippen molar-refractivity contribution in [2.24, 2.45) is 0 Å². The van der Waals surface area contributed by atoms with E-state index in [1.807, 2.05) is 24.3 Å². The zero-order valence-corrected chi connectivity index (χ0v) is 14.4. The summed E-state index contributed by atoms with van der Waals surface area (Å²) in [7, 11) is 0. The molecule has 1 aromatic carbocycles. The van der Waals surface area contributed by atoms with Crippen LogP contribution >= 0.6 is 11.6 Å². The number of carbonyl (C=O) groups is 1. The molecule has 1 amide bonds.